The van der Waals surface area contributed by atoms with Gasteiger partial charge in [-0.25, -0.2) is 9.97 Å². The van der Waals surface area contributed by atoms with Gasteiger partial charge in [-0.2, -0.15) is 0 Å². The maximum absolute atomic E-state index is 9.86. The van der Waals surface area contributed by atoms with Gasteiger partial charge in [0.25, 0.3) is 0 Å². The molecule has 0 aliphatic rings. The molecule has 0 spiro atoms. The highest BCUT2D eigenvalue weighted by Gasteiger charge is 2.19. The summed E-state index contributed by atoms with van der Waals surface area (Å²) in [7, 11) is 1.65. The van der Waals surface area contributed by atoms with Crippen LogP contribution in [-0.4, -0.2) is 34.8 Å². The van der Waals surface area contributed by atoms with E-state index < -0.39 is 6.10 Å². The topological polar surface area (TPSA) is 67.3 Å². The van der Waals surface area contributed by atoms with Crippen molar-refractivity contribution in [2.24, 2.45) is 5.92 Å². The molecule has 2 N–H and O–H groups in total. The lowest BCUT2D eigenvalue weighted by Gasteiger charge is -2.20. The molecule has 0 saturated heterocycles. The van der Waals surface area contributed by atoms with E-state index in [1.807, 2.05) is 19.9 Å². The summed E-state index contributed by atoms with van der Waals surface area (Å²) in [6.45, 7) is 11.1. The lowest BCUT2D eigenvalue weighted by molar-refractivity contribution is 0.138. The van der Waals surface area contributed by atoms with Gasteiger partial charge in [0.15, 0.2) is 0 Å². The number of nitrogens with one attached hydrogen (secondary N) is 1. The molecule has 1 rings (SSSR count). The Morgan fingerprint density at radius 3 is 2.45 bits per heavy atom. The van der Waals surface area contributed by atoms with Crippen LogP contribution in [0.15, 0.2) is 6.07 Å². The van der Waals surface area contributed by atoms with Crippen molar-refractivity contribution in [2.75, 3.05) is 19.0 Å². The van der Waals surface area contributed by atoms with Crippen molar-refractivity contribution < 1.29 is 9.84 Å². The average molecular weight is 281 g/mol. The molecule has 1 aromatic heterocycles. The molecule has 0 aliphatic heterocycles. The molecule has 1 aromatic rings. The molecular weight excluding hydrogens is 254 g/mol. The van der Waals surface area contributed by atoms with Gasteiger partial charge >= 0.3 is 0 Å². The monoisotopic (exact) mass is 281 g/mol. The first-order valence-corrected chi connectivity index (χ1v) is 7.03. The number of rotatable bonds is 6. The Balaban J connectivity index is 2.91. The van der Waals surface area contributed by atoms with Crippen molar-refractivity contribution in [3.05, 3.63) is 17.6 Å². The van der Waals surface area contributed by atoms with Gasteiger partial charge in [-0.1, -0.05) is 34.6 Å². The minimum atomic E-state index is -0.395. The Bertz CT molecular complexity index is 428. The van der Waals surface area contributed by atoms with Crippen LogP contribution in [0, 0.1) is 5.92 Å². The third kappa shape index (κ3) is 5.06. The number of methoxy groups -OCH3 is 1. The smallest absolute Gasteiger partial charge is 0.136 e. The molecule has 0 aromatic carbocycles. The molecule has 0 bridgehead atoms. The highest BCUT2D eigenvalue weighted by molar-refractivity contribution is 5.37. The van der Waals surface area contributed by atoms with Gasteiger partial charge in [-0.3, -0.25) is 0 Å². The maximum atomic E-state index is 9.86. The first-order valence-electron chi connectivity index (χ1n) is 7.03. The van der Waals surface area contributed by atoms with E-state index in [1.165, 1.54) is 0 Å². The van der Waals surface area contributed by atoms with Crippen molar-refractivity contribution in [2.45, 2.75) is 52.7 Å². The number of hydrogen-bond acceptors (Lipinski definition) is 5. The molecular formula is C15H27N3O2. The van der Waals surface area contributed by atoms with E-state index in [4.69, 9.17) is 4.74 Å². The molecule has 0 saturated carbocycles. The fourth-order valence-electron chi connectivity index (χ4n) is 1.59. The van der Waals surface area contributed by atoms with E-state index in [0.717, 1.165) is 17.3 Å². The zero-order valence-corrected chi connectivity index (χ0v) is 13.4. The average Bonchev–Trinajstić information content (AvgIpc) is 2.35. The normalized spacial score (nSPS) is 13.6. The second-order valence-electron chi connectivity index (χ2n) is 6.44. The predicted octanol–water partition coefficient (Wildman–Crippen LogP) is 2.35. The molecule has 5 heteroatoms. The van der Waals surface area contributed by atoms with E-state index >= 15 is 0 Å². The Labute approximate surface area is 121 Å². The van der Waals surface area contributed by atoms with Crippen molar-refractivity contribution >= 4 is 5.82 Å². The molecule has 0 aliphatic carbocycles. The molecule has 1 unspecified atom stereocenters. The first kappa shape index (κ1) is 16.9. The predicted molar refractivity (Wildman–Crippen MR) is 80.8 cm³/mol. The van der Waals surface area contributed by atoms with E-state index in [1.54, 1.807) is 7.11 Å². The number of anilines is 1. The summed E-state index contributed by atoms with van der Waals surface area (Å²) in [5, 5.41) is 13.0. The largest absolute Gasteiger partial charge is 0.391 e. The number of aliphatic hydroxyl groups is 1. The Morgan fingerprint density at radius 1 is 1.30 bits per heavy atom. The molecule has 0 fully saturated rings. The molecule has 0 amide bonds. The zero-order valence-electron chi connectivity index (χ0n) is 13.4. The van der Waals surface area contributed by atoms with Crippen LogP contribution in [0.1, 0.15) is 46.1 Å². The third-order valence-electron chi connectivity index (χ3n) is 3.00. The summed E-state index contributed by atoms with van der Waals surface area (Å²) in [6, 6.07) is 1.87. The fraction of sp³-hybridized carbons (Fsp3) is 0.733. The van der Waals surface area contributed by atoms with Gasteiger partial charge in [0.1, 0.15) is 11.6 Å². The van der Waals surface area contributed by atoms with Crippen LogP contribution in [0.25, 0.3) is 0 Å². The number of aliphatic hydroxyl groups excluding tert-OH is 1. The zero-order chi connectivity index (χ0) is 15.3. The fourth-order valence-corrected chi connectivity index (χ4v) is 1.59. The summed E-state index contributed by atoms with van der Waals surface area (Å²) in [5.41, 5.74) is 0.714. The maximum Gasteiger partial charge on any atom is 0.136 e. The van der Waals surface area contributed by atoms with Crippen LogP contribution in [0.3, 0.4) is 0 Å². The van der Waals surface area contributed by atoms with Crippen LogP contribution in [0.2, 0.25) is 0 Å². The second kappa shape index (κ2) is 6.99. The van der Waals surface area contributed by atoms with Crippen molar-refractivity contribution in [1.29, 1.82) is 0 Å². The van der Waals surface area contributed by atoms with E-state index in [2.05, 4.69) is 36.1 Å². The standard InChI is InChI=1S/C15H27N3O2/c1-10(2)12(19)8-16-13-7-11(9-20-6)17-14(18-13)15(3,4)5/h7,10,12,19H,8-9H2,1-6H3,(H,16,17,18). The van der Waals surface area contributed by atoms with Crippen molar-refractivity contribution in [3.63, 3.8) is 0 Å². The minimum absolute atomic E-state index is 0.128. The number of hydrogen-bond donors (Lipinski definition) is 2. The van der Waals surface area contributed by atoms with Crippen molar-refractivity contribution in [1.82, 2.24) is 9.97 Å². The Morgan fingerprint density at radius 2 is 1.95 bits per heavy atom. The quantitative estimate of drug-likeness (QED) is 0.838. The summed E-state index contributed by atoms with van der Waals surface area (Å²) in [5.74, 6) is 1.72. The SMILES string of the molecule is COCc1cc(NCC(O)C(C)C)nc(C(C)(C)C)n1. The summed E-state index contributed by atoms with van der Waals surface area (Å²) in [6.07, 6.45) is -0.395. The minimum Gasteiger partial charge on any atom is -0.391 e. The highest BCUT2D eigenvalue weighted by Crippen LogP contribution is 2.21. The van der Waals surface area contributed by atoms with E-state index in [9.17, 15) is 5.11 Å². The van der Waals surface area contributed by atoms with Gasteiger partial charge in [-0.05, 0) is 5.92 Å². The third-order valence-corrected chi connectivity index (χ3v) is 3.00. The van der Waals surface area contributed by atoms with Gasteiger partial charge in [0, 0.05) is 25.1 Å². The first-order chi connectivity index (χ1) is 9.24. The lowest BCUT2D eigenvalue weighted by atomic mass is 9.95. The van der Waals surface area contributed by atoms with Crippen molar-refractivity contribution in [3.8, 4) is 0 Å². The molecule has 114 valence electrons. The summed E-state index contributed by atoms with van der Waals surface area (Å²) in [4.78, 5) is 9.05. The molecule has 1 atom stereocenters. The van der Waals surface area contributed by atoms with Crippen LogP contribution < -0.4 is 5.32 Å². The molecule has 20 heavy (non-hydrogen) atoms. The van der Waals surface area contributed by atoms with Gasteiger partial charge < -0.3 is 15.2 Å². The Kier molecular flexibility index (Phi) is 5.89. The van der Waals surface area contributed by atoms with E-state index in [-0.39, 0.29) is 11.3 Å². The lowest BCUT2D eigenvalue weighted by Crippen LogP contribution is -2.26. The van der Waals surface area contributed by atoms with Crippen LogP contribution >= 0.6 is 0 Å². The Hall–Kier alpha value is -1.20. The van der Waals surface area contributed by atoms with Gasteiger partial charge in [-0.15, -0.1) is 0 Å². The summed E-state index contributed by atoms with van der Waals surface area (Å²) >= 11 is 0. The van der Waals surface area contributed by atoms with Crippen LogP contribution in [-0.2, 0) is 16.8 Å². The number of nitrogens with zero attached hydrogens (tertiary/aromatic N) is 2. The highest BCUT2D eigenvalue weighted by atomic mass is 16.5. The number of aromatic nitrogens is 2. The second-order valence-corrected chi connectivity index (χ2v) is 6.44. The van der Waals surface area contributed by atoms with Crippen LogP contribution in [0.4, 0.5) is 5.82 Å². The van der Waals surface area contributed by atoms with Gasteiger partial charge in [0.2, 0.25) is 0 Å². The van der Waals surface area contributed by atoms with E-state index in [0.29, 0.717) is 13.2 Å². The number of ether oxygens (including phenoxy) is 1. The molecule has 1 heterocycles. The molecule has 0 radical (unpaired) electrons. The summed E-state index contributed by atoms with van der Waals surface area (Å²) < 4.78 is 5.15. The van der Waals surface area contributed by atoms with Gasteiger partial charge in [0.05, 0.1) is 18.4 Å². The molecule has 5 nitrogen and oxygen atoms in total. The van der Waals surface area contributed by atoms with Crippen LogP contribution in [0.5, 0.6) is 0 Å².